The molecular formula is C26H29N3O4S. The van der Waals surface area contributed by atoms with Crippen LogP contribution in [-0.2, 0) is 16.4 Å². The van der Waals surface area contributed by atoms with Crippen molar-refractivity contribution in [3.05, 3.63) is 65.0 Å². The molecule has 1 saturated heterocycles. The van der Waals surface area contributed by atoms with Gasteiger partial charge in [-0.2, -0.15) is 4.31 Å². The number of carbonyl (C=O) groups is 2. The van der Waals surface area contributed by atoms with Gasteiger partial charge in [0.1, 0.15) is 5.69 Å². The minimum Gasteiger partial charge on any atom is -0.354 e. The molecular weight excluding hydrogens is 450 g/mol. The molecule has 0 atom stereocenters. The van der Waals surface area contributed by atoms with Gasteiger partial charge in [-0.25, -0.2) is 8.42 Å². The Morgan fingerprint density at radius 2 is 1.65 bits per heavy atom. The van der Waals surface area contributed by atoms with Crippen LogP contribution in [0.3, 0.4) is 0 Å². The topological polar surface area (TPSA) is 90.6 Å². The van der Waals surface area contributed by atoms with Gasteiger partial charge >= 0.3 is 0 Å². The minimum atomic E-state index is -3.66. The highest BCUT2D eigenvalue weighted by Gasteiger charge is 2.37. The number of hydrogen-bond donors (Lipinski definition) is 1. The first kappa shape index (κ1) is 22.8. The lowest BCUT2D eigenvalue weighted by atomic mass is 9.75. The summed E-state index contributed by atoms with van der Waals surface area (Å²) in [5.41, 5.74) is 2.50. The van der Waals surface area contributed by atoms with Gasteiger partial charge < -0.3 is 9.88 Å². The number of nitrogens with zero attached hydrogens (tertiary/aromatic N) is 2. The lowest BCUT2D eigenvalue weighted by Crippen LogP contribution is -2.50. The van der Waals surface area contributed by atoms with Crippen LogP contribution in [-0.4, -0.2) is 60.5 Å². The number of carbonyl (C=O) groups excluding carboxylic acids is 2. The average Bonchev–Trinajstić information content (AvgIpc) is 3.13. The highest BCUT2D eigenvalue weighted by atomic mass is 32.2. The molecule has 8 heteroatoms. The number of Topliss-reactive ketones (excluding diaryl/α,β-unsaturated/α-hetero) is 1. The van der Waals surface area contributed by atoms with E-state index in [0.29, 0.717) is 36.3 Å². The summed E-state index contributed by atoms with van der Waals surface area (Å²) >= 11 is 0. The number of amides is 1. The molecule has 34 heavy (non-hydrogen) atoms. The van der Waals surface area contributed by atoms with E-state index in [1.54, 1.807) is 17.0 Å². The highest BCUT2D eigenvalue weighted by molar-refractivity contribution is 7.89. The summed E-state index contributed by atoms with van der Waals surface area (Å²) in [6.07, 6.45) is 1.19. The molecule has 1 amide bonds. The van der Waals surface area contributed by atoms with Crippen molar-refractivity contribution in [3.63, 3.8) is 0 Å². The molecule has 0 saturated carbocycles. The summed E-state index contributed by atoms with van der Waals surface area (Å²) < 4.78 is 27.9. The number of aromatic amines is 1. The van der Waals surface area contributed by atoms with Gasteiger partial charge in [0.05, 0.1) is 4.90 Å². The minimum absolute atomic E-state index is 0.0744. The quantitative estimate of drug-likeness (QED) is 0.619. The fourth-order valence-corrected chi connectivity index (χ4v) is 6.67. The lowest BCUT2D eigenvalue weighted by molar-refractivity contribution is 0.0691. The summed E-state index contributed by atoms with van der Waals surface area (Å²) in [5.74, 6) is -0.106. The van der Waals surface area contributed by atoms with Crippen LogP contribution < -0.4 is 0 Å². The first-order valence-electron chi connectivity index (χ1n) is 11.6. The van der Waals surface area contributed by atoms with Gasteiger partial charge in [0.15, 0.2) is 5.78 Å². The Bertz CT molecular complexity index is 1410. The fraction of sp³-hybridized carbons (Fsp3) is 0.385. The summed E-state index contributed by atoms with van der Waals surface area (Å²) in [6, 6.07) is 12.8. The van der Waals surface area contributed by atoms with E-state index in [-0.39, 0.29) is 35.1 Å². The van der Waals surface area contributed by atoms with Crippen molar-refractivity contribution < 1.29 is 18.0 Å². The molecule has 1 N–H and O–H groups in total. The molecule has 2 aromatic carbocycles. The van der Waals surface area contributed by atoms with E-state index >= 15 is 0 Å². The van der Waals surface area contributed by atoms with Crippen LogP contribution in [0.25, 0.3) is 10.8 Å². The van der Waals surface area contributed by atoms with E-state index in [1.165, 1.54) is 4.31 Å². The first-order valence-corrected chi connectivity index (χ1v) is 13.0. The van der Waals surface area contributed by atoms with Crippen LogP contribution in [0.15, 0.2) is 47.4 Å². The molecule has 0 spiro atoms. The molecule has 1 aliphatic carbocycles. The number of rotatable bonds is 3. The van der Waals surface area contributed by atoms with Crippen LogP contribution in [0.2, 0.25) is 0 Å². The Balaban J connectivity index is 1.32. The Labute approximate surface area is 199 Å². The number of aromatic nitrogens is 1. The fourth-order valence-electron chi connectivity index (χ4n) is 5.21. The van der Waals surface area contributed by atoms with Crippen molar-refractivity contribution in [1.82, 2.24) is 14.2 Å². The summed E-state index contributed by atoms with van der Waals surface area (Å²) in [6.45, 7) is 6.99. The number of benzene rings is 2. The van der Waals surface area contributed by atoms with Gasteiger partial charge in [-0.05, 0) is 47.2 Å². The van der Waals surface area contributed by atoms with Crippen LogP contribution in [0.4, 0.5) is 0 Å². The van der Waals surface area contributed by atoms with E-state index in [2.05, 4.69) is 18.8 Å². The Kier molecular flexibility index (Phi) is 5.41. The lowest BCUT2D eigenvalue weighted by Gasteiger charge is -2.34. The maximum Gasteiger partial charge on any atom is 0.270 e. The maximum atomic E-state index is 13.3. The van der Waals surface area contributed by atoms with Crippen molar-refractivity contribution in [3.8, 4) is 0 Å². The van der Waals surface area contributed by atoms with Gasteiger partial charge in [0, 0.05) is 43.9 Å². The van der Waals surface area contributed by atoms with Crippen LogP contribution in [0.5, 0.6) is 0 Å². The zero-order chi connectivity index (χ0) is 24.3. The standard InChI is InChI=1S/C26H29N3O4S/c1-17-23-21(15-26(2,3)16-22(23)30)27-24(17)25(31)28-10-12-29(13-11-28)34(32,33)20-9-8-18-6-4-5-7-19(18)14-20/h4-9,14,27H,10-13,15-16H2,1-3H3. The van der Waals surface area contributed by atoms with Crippen LogP contribution in [0, 0.1) is 12.3 Å². The smallest absolute Gasteiger partial charge is 0.270 e. The zero-order valence-corrected chi connectivity index (χ0v) is 20.5. The molecule has 0 bridgehead atoms. The molecule has 1 aliphatic heterocycles. The Morgan fingerprint density at radius 1 is 0.971 bits per heavy atom. The second-order valence-electron chi connectivity index (χ2n) is 10.1. The number of sulfonamides is 1. The largest absolute Gasteiger partial charge is 0.354 e. The monoisotopic (exact) mass is 479 g/mol. The SMILES string of the molecule is Cc1c(C(=O)N2CCN(S(=O)(=O)c3ccc4ccccc4c3)CC2)[nH]c2c1C(=O)CC(C)(C)C2. The average molecular weight is 480 g/mol. The summed E-state index contributed by atoms with van der Waals surface area (Å²) in [5, 5.41) is 1.86. The molecule has 0 radical (unpaired) electrons. The molecule has 0 unspecified atom stereocenters. The molecule has 2 heterocycles. The van der Waals surface area contributed by atoms with E-state index in [0.717, 1.165) is 22.9 Å². The normalized spacial score (nSPS) is 18.8. The predicted octanol–water partition coefficient (Wildman–Crippen LogP) is 3.78. The summed E-state index contributed by atoms with van der Waals surface area (Å²) in [4.78, 5) is 31.1. The summed E-state index contributed by atoms with van der Waals surface area (Å²) in [7, 11) is -3.66. The highest BCUT2D eigenvalue weighted by Crippen LogP contribution is 2.37. The number of piperazine rings is 1. The third-order valence-electron chi connectivity index (χ3n) is 7.00. The van der Waals surface area contributed by atoms with Gasteiger partial charge in [0.25, 0.3) is 5.91 Å². The van der Waals surface area contributed by atoms with E-state index in [9.17, 15) is 18.0 Å². The first-order chi connectivity index (χ1) is 16.1. The molecule has 1 fully saturated rings. The third-order valence-corrected chi connectivity index (χ3v) is 8.89. The number of hydrogen-bond acceptors (Lipinski definition) is 4. The van der Waals surface area contributed by atoms with Crippen LogP contribution in [0.1, 0.15) is 52.4 Å². The second-order valence-corrected chi connectivity index (χ2v) is 12.1. The Morgan fingerprint density at radius 3 is 2.35 bits per heavy atom. The molecule has 7 nitrogen and oxygen atoms in total. The van der Waals surface area contributed by atoms with Crippen molar-refractivity contribution >= 4 is 32.5 Å². The second kappa shape index (κ2) is 8.06. The number of ketones is 1. The number of H-pyrrole nitrogens is 1. The van der Waals surface area contributed by atoms with Gasteiger partial charge in [0.2, 0.25) is 10.0 Å². The van der Waals surface area contributed by atoms with E-state index in [4.69, 9.17) is 0 Å². The molecule has 1 aromatic heterocycles. The molecule has 3 aromatic rings. The number of nitrogens with one attached hydrogen (secondary N) is 1. The van der Waals surface area contributed by atoms with Gasteiger partial charge in [-0.1, -0.05) is 44.2 Å². The molecule has 2 aliphatic rings. The maximum absolute atomic E-state index is 13.3. The molecule has 5 rings (SSSR count). The predicted molar refractivity (Wildman–Crippen MR) is 131 cm³/mol. The Hall–Kier alpha value is -2.97. The van der Waals surface area contributed by atoms with Crippen molar-refractivity contribution in [1.29, 1.82) is 0 Å². The van der Waals surface area contributed by atoms with Crippen molar-refractivity contribution in [2.24, 2.45) is 5.41 Å². The van der Waals surface area contributed by atoms with E-state index in [1.807, 2.05) is 37.3 Å². The van der Waals surface area contributed by atoms with Gasteiger partial charge in [-0.15, -0.1) is 0 Å². The van der Waals surface area contributed by atoms with Crippen molar-refractivity contribution in [2.75, 3.05) is 26.2 Å². The van der Waals surface area contributed by atoms with E-state index < -0.39 is 10.0 Å². The van der Waals surface area contributed by atoms with Crippen molar-refractivity contribution in [2.45, 2.75) is 38.5 Å². The zero-order valence-electron chi connectivity index (χ0n) is 19.7. The third kappa shape index (κ3) is 3.84. The number of fused-ring (bicyclic) bond motifs is 2. The van der Waals surface area contributed by atoms with Crippen LogP contribution >= 0.6 is 0 Å². The van der Waals surface area contributed by atoms with Gasteiger partial charge in [-0.3, -0.25) is 9.59 Å². The molecule has 178 valence electrons.